The number of hydrogen-bond donors (Lipinski definition) is 0. The van der Waals surface area contributed by atoms with Crippen molar-refractivity contribution in [3.63, 3.8) is 0 Å². The third-order valence-corrected chi connectivity index (χ3v) is 8.62. The van der Waals surface area contributed by atoms with E-state index < -0.39 is 37.9 Å². The SMILES string of the molecule is CN1CCC(n2cc(-c3ccnc(Cl)c3)c(-c3cccc(CS(=O)(=O)c4cc(F)ccc4F)c3F)n2)CC1. The van der Waals surface area contributed by atoms with Gasteiger partial charge < -0.3 is 4.90 Å². The molecule has 6 nitrogen and oxygen atoms in total. The zero-order valence-electron chi connectivity index (χ0n) is 20.4. The van der Waals surface area contributed by atoms with Crippen molar-refractivity contribution in [2.45, 2.75) is 29.5 Å². The summed E-state index contributed by atoms with van der Waals surface area (Å²) < 4.78 is 71.5. The van der Waals surface area contributed by atoms with Crippen LogP contribution in [0, 0.1) is 17.5 Å². The molecule has 1 fully saturated rings. The summed E-state index contributed by atoms with van der Waals surface area (Å²) in [5.41, 5.74) is 1.52. The molecule has 0 aliphatic carbocycles. The van der Waals surface area contributed by atoms with Crippen LogP contribution in [0.15, 0.2) is 65.8 Å². The molecule has 0 unspecified atom stereocenters. The highest BCUT2D eigenvalue weighted by Gasteiger charge is 2.26. The molecule has 2 aromatic heterocycles. The minimum atomic E-state index is -4.38. The first-order chi connectivity index (χ1) is 18.1. The highest BCUT2D eigenvalue weighted by Crippen LogP contribution is 2.36. The number of nitrogens with zero attached hydrogens (tertiary/aromatic N) is 4. The summed E-state index contributed by atoms with van der Waals surface area (Å²) in [5.74, 6) is -3.65. The summed E-state index contributed by atoms with van der Waals surface area (Å²) in [5, 5.41) is 5.02. The van der Waals surface area contributed by atoms with Crippen molar-refractivity contribution in [2.24, 2.45) is 0 Å². The third-order valence-electron chi connectivity index (χ3n) is 6.74. The van der Waals surface area contributed by atoms with Crippen molar-refractivity contribution in [3.8, 4) is 22.4 Å². The minimum absolute atomic E-state index is 0.0898. The fraction of sp³-hybridized carbons (Fsp3) is 0.259. The number of aromatic nitrogens is 3. The molecule has 0 amide bonds. The van der Waals surface area contributed by atoms with Gasteiger partial charge in [0, 0.05) is 29.1 Å². The largest absolute Gasteiger partial charge is 0.306 e. The maximum atomic E-state index is 15.9. The Morgan fingerprint density at radius 2 is 1.79 bits per heavy atom. The molecule has 5 rings (SSSR count). The molecule has 0 radical (unpaired) electrons. The number of rotatable bonds is 6. The average molecular weight is 561 g/mol. The molecule has 0 N–H and O–H groups in total. The summed E-state index contributed by atoms with van der Waals surface area (Å²) in [6.07, 6.45) is 5.13. The van der Waals surface area contributed by atoms with E-state index >= 15 is 4.39 Å². The smallest absolute Gasteiger partial charge is 0.185 e. The molecule has 3 heterocycles. The average Bonchev–Trinajstić information content (AvgIpc) is 3.32. The third kappa shape index (κ3) is 5.34. The van der Waals surface area contributed by atoms with Crippen molar-refractivity contribution >= 4 is 21.4 Å². The number of hydrogen-bond acceptors (Lipinski definition) is 5. The molecule has 38 heavy (non-hydrogen) atoms. The fourth-order valence-corrected chi connectivity index (χ4v) is 6.31. The predicted octanol–water partition coefficient (Wildman–Crippen LogP) is 5.92. The maximum absolute atomic E-state index is 15.9. The van der Waals surface area contributed by atoms with E-state index in [0.717, 1.165) is 38.1 Å². The lowest BCUT2D eigenvalue weighted by atomic mass is 10.0. The van der Waals surface area contributed by atoms with Crippen molar-refractivity contribution in [1.82, 2.24) is 19.7 Å². The number of pyridine rings is 1. The summed E-state index contributed by atoms with van der Waals surface area (Å²) >= 11 is 6.13. The van der Waals surface area contributed by atoms with E-state index in [-0.39, 0.29) is 22.3 Å². The van der Waals surface area contributed by atoms with Crippen molar-refractivity contribution in [3.05, 3.63) is 89.1 Å². The summed E-state index contributed by atoms with van der Waals surface area (Å²) in [7, 11) is -2.33. The van der Waals surface area contributed by atoms with E-state index in [2.05, 4.69) is 16.9 Å². The van der Waals surface area contributed by atoms with Crippen LogP contribution >= 0.6 is 11.6 Å². The van der Waals surface area contributed by atoms with Crippen molar-refractivity contribution in [2.75, 3.05) is 20.1 Å². The number of halogens is 4. The Morgan fingerprint density at radius 3 is 2.53 bits per heavy atom. The second-order valence-electron chi connectivity index (χ2n) is 9.39. The second-order valence-corrected chi connectivity index (χ2v) is 11.7. The monoisotopic (exact) mass is 560 g/mol. The molecular formula is C27H24ClF3N4O2S. The van der Waals surface area contributed by atoms with Crippen LogP contribution in [0.5, 0.6) is 0 Å². The molecule has 4 aromatic rings. The Bertz CT molecular complexity index is 1600. The molecule has 0 saturated carbocycles. The lowest BCUT2D eigenvalue weighted by Crippen LogP contribution is -2.31. The molecule has 0 atom stereocenters. The lowest BCUT2D eigenvalue weighted by Gasteiger charge is -2.29. The molecule has 11 heteroatoms. The number of piperidine rings is 1. The van der Waals surface area contributed by atoms with Gasteiger partial charge in [-0.25, -0.2) is 26.6 Å². The standard InChI is InChI=1S/C27H24ClF3N4O2S/c1-34-11-8-20(9-12-34)35-15-22(17-7-10-32-25(28)13-17)27(33-35)21-4-2-3-18(26(21)31)16-38(36,37)24-14-19(29)5-6-23(24)30/h2-7,10,13-15,20H,8-9,11-12,16H2,1H3. The second kappa shape index (κ2) is 10.5. The Kier molecular flexibility index (Phi) is 7.30. The molecule has 198 valence electrons. The van der Waals surface area contributed by atoms with E-state index in [1.807, 2.05) is 10.9 Å². The number of likely N-dealkylation sites (tertiary alicyclic amines) is 1. The van der Waals surface area contributed by atoms with Crippen molar-refractivity contribution < 1.29 is 21.6 Å². The van der Waals surface area contributed by atoms with Gasteiger partial charge in [0.25, 0.3) is 0 Å². The van der Waals surface area contributed by atoms with Crippen LogP contribution in [-0.2, 0) is 15.6 Å². The van der Waals surface area contributed by atoms with Crippen LogP contribution in [-0.4, -0.2) is 48.2 Å². The van der Waals surface area contributed by atoms with Gasteiger partial charge in [0.2, 0.25) is 0 Å². The molecule has 0 bridgehead atoms. The van der Waals surface area contributed by atoms with E-state index in [0.29, 0.717) is 22.9 Å². The van der Waals surface area contributed by atoms with Crippen LogP contribution in [0.3, 0.4) is 0 Å². The first kappa shape index (κ1) is 26.4. The van der Waals surface area contributed by atoms with Gasteiger partial charge >= 0.3 is 0 Å². The van der Waals surface area contributed by atoms with Crippen LogP contribution in [0.25, 0.3) is 22.4 Å². The molecule has 0 spiro atoms. The fourth-order valence-electron chi connectivity index (χ4n) is 4.69. The van der Waals surface area contributed by atoms with Gasteiger partial charge in [0.05, 0.1) is 11.8 Å². The van der Waals surface area contributed by atoms with Crippen LogP contribution in [0.4, 0.5) is 13.2 Å². The lowest BCUT2D eigenvalue weighted by molar-refractivity contribution is 0.212. The Labute approximate surface area is 223 Å². The zero-order chi connectivity index (χ0) is 27.0. The Morgan fingerprint density at radius 1 is 1.03 bits per heavy atom. The van der Waals surface area contributed by atoms with Gasteiger partial charge in [-0.2, -0.15) is 5.10 Å². The van der Waals surface area contributed by atoms with Crippen LogP contribution in [0.2, 0.25) is 5.15 Å². The van der Waals surface area contributed by atoms with Crippen LogP contribution in [0.1, 0.15) is 24.4 Å². The molecule has 2 aromatic carbocycles. The first-order valence-electron chi connectivity index (χ1n) is 12.0. The van der Waals surface area contributed by atoms with Crippen molar-refractivity contribution in [1.29, 1.82) is 0 Å². The van der Waals surface area contributed by atoms with Gasteiger partial charge in [-0.3, -0.25) is 4.68 Å². The van der Waals surface area contributed by atoms with Crippen LogP contribution < -0.4 is 0 Å². The van der Waals surface area contributed by atoms with Gasteiger partial charge in [-0.1, -0.05) is 23.7 Å². The van der Waals surface area contributed by atoms with Gasteiger partial charge in [-0.15, -0.1) is 0 Å². The minimum Gasteiger partial charge on any atom is -0.306 e. The number of benzene rings is 2. The van der Waals surface area contributed by atoms with E-state index in [9.17, 15) is 17.2 Å². The topological polar surface area (TPSA) is 68.1 Å². The highest BCUT2D eigenvalue weighted by atomic mass is 35.5. The van der Waals surface area contributed by atoms with Gasteiger partial charge in [0.1, 0.15) is 33.2 Å². The predicted molar refractivity (Wildman–Crippen MR) is 139 cm³/mol. The van der Waals surface area contributed by atoms with E-state index in [1.165, 1.54) is 18.2 Å². The maximum Gasteiger partial charge on any atom is 0.185 e. The molecular weight excluding hydrogens is 537 g/mol. The van der Waals surface area contributed by atoms with Gasteiger partial charge in [-0.05, 0) is 74.9 Å². The van der Waals surface area contributed by atoms with Gasteiger partial charge in [0.15, 0.2) is 9.84 Å². The van der Waals surface area contributed by atoms with E-state index in [1.54, 1.807) is 18.3 Å². The summed E-state index contributed by atoms with van der Waals surface area (Å²) in [4.78, 5) is 5.43. The number of sulfone groups is 1. The molecule has 1 aliphatic heterocycles. The molecule has 1 saturated heterocycles. The Hall–Kier alpha value is -3.21. The molecule has 1 aliphatic rings. The Balaban J connectivity index is 1.58. The first-order valence-corrected chi connectivity index (χ1v) is 14.0. The summed E-state index contributed by atoms with van der Waals surface area (Å²) in [6, 6.07) is 10.00. The zero-order valence-corrected chi connectivity index (χ0v) is 22.0. The summed E-state index contributed by atoms with van der Waals surface area (Å²) in [6.45, 7) is 1.79. The highest BCUT2D eigenvalue weighted by molar-refractivity contribution is 7.90. The normalized spacial score (nSPS) is 15.2. The van der Waals surface area contributed by atoms with E-state index in [4.69, 9.17) is 16.7 Å². The quantitative estimate of drug-likeness (QED) is 0.274.